The van der Waals surface area contributed by atoms with E-state index in [2.05, 4.69) is 26.1 Å². The molecule has 0 atom stereocenters. The maximum atomic E-state index is 10.4. The maximum Gasteiger partial charge on any atom is 0.313 e. The van der Waals surface area contributed by atoms with Crippen LogP contribution in [0.1, 0.15) is 17.3 Å². The molecule has 1 N–H and O–H groups in total. The Bertz CT molecular complexity index is 574. The fourth-order valence-corrected chi connectivity index (χ4v) is 2.49. The summed E-state index contributed by atoms with van der Waals surface area (Å²) in [5, 5.41) is 12.4. The second-order valence-electron chi connectivity index (χ2n) is 3.80. The highest BCUT2D eigenvalue weighted by Crippen LogP contribution is 2.15. The van der Waals surface area contributed by atoms with E-state index in [4.69, 9.17) is 9.63 Å². The third-order valence-electron chi connectivity index (χ3n) is 2.21. The number of benzene rings is 1. The zero-order valence-corrected chi connectivity index (χ0v) is 12.3. The van der Waals surface area contributed by atoms with Gasteiger partial charge in [-0.3, -0.25) is 4.79 Å². The molecule has 2 aromatic rings. The van der Waals surface area contributed by atoms with Crippen LogP contribution in [0.25, 0.3) is 0 Å². The first-order valence-corrected chi connectivity index (χ1v) is 7.43. The van der Waals surface area contributed by atoms with Gasteiger partial charge in [0.1, 0.15) is 0 Å². The number of carbonyl (C=O) groups is 1. The normalized spacial score (nSPS) is 10.6. The average Bonchev–Trinajstić information content (AvgIpc) is 2.76. The van der Waals surface area contributed by atoms with E-state index in [9.17, 15) is 4.79 Å². The summed E-state index contributed by atoms with van der Waals surface area (Å²) in [6.45, 7) is 0. The molecule has 19 heavy (non-hydrogen) atoms. The lowest BCUT2D eigenvalue weighted by Gasteiger charge is -1.96. The minimum Gasteiger partial charge on any atom is -0.481 e. The van der Waals surface area contributed by atoms with E-state index in [1.54, 1.807) is 0 Å². The zero-order chi connectivity index (χ0) is 13.7. The first-order chi connectivity index (χ1) is 9.13. The topological polar surface area (TPSA) is 76.2 Å². The summed E-state index contributed by atoms with van der Waals surface area (Å²) in [5.74, 6) is 0.653. The fraction of sp³-hybridized carbons (Fsp3) is 0.250. The van der Waals surface area contributed by atoms with Gasteiger partial charge in [-0.05, 0) is 17.7 Å². The minimum absolute atomic E-state index is 0.0311. The van der Waals surface area contributed by atoms with Crippen molar-refractivity contribution in [1.82, 2.24) is 10.1 Å². The molecule has 1 heterocycles. The number of carboxylic acids is 1. The third kappa shape index (κ3) is 4.68. The average molecular weight is 343 g/mol. The predicted molar refractivity (Wildman–Crippen MR) is 75.0 cm³/mol. The zero-order valence-electron chi connectivity index (χ0n) is 9.88. The van der Waals surface area contributed by atoms with Gasteiger partial charge >= 0.3 is 5.97 Å². The Morgan fingerprint density at radius 2 is 2.32 bits per heavy atom. The summed E-state index contributed by atoms with van der Waals surface area (Å²) >= 11 is 4.64. The van der Waals surface area contributed by atoms with Crippen LogP contribution in [0.15, 0.2) is 33.3 Å². The van der Waals surface area contributed by atoms with Crippen molar-refractivity contribution in [3.63, 3.8) is 0 Å². The van der Waals surface area contributed by atoms with Gasteiger partial charge in [0.2, 0.25) is 5.89 Å². The van der Waals surface area contributed by atoms with Gasteiger partial charge < -0.3 is 9.63 Å². The van der Waals surface area contributed by atoms with Gasteiger partial charge in [-0.2, -0.15) is 4.98 Å². The summed E-state index contributed by atoms with van der Waals surface area (Å²) in [5.41, 5.74) is 1.08. The van der Waals surface area contributed by atoms with Gasteiger partial charge in [0, 0.05) is 10.9 Å². The molecule has 7 heteroatoms. The fourth-order valence-electron chi connectivity index (χ4n) is 1.48. The van der Waals surface area contributed by atoms with Crippen LogP contribution in [0, 0.1) is 0 Å². The van der Waals surface area contributed by atoms with Gasteiger partial charge in [0.25, 0.3) is 0 Å². The Hall–Kier alpha value is -1.34. The highest BCUT2D eigenvalue weighted by Gasteiger charge is 2.08. The Kier molecular flexibility index (Phi) is 4.98. The second kappa shape index (κ2) is 6.72. The quantitative estimate of drug-likeness (QED) is 0.869. The molecule has 0 aliphatic carbocycles. The van der Waals surface area contributed by atoms with Crippen LogP contribution in [-0.4, -0.2) is 27.0 Å². The Labute approximate surface area is 122 Å². The van der Waals surface area contributed by atoms with Crippen molar-refractivity contribution in [3.05, 3.63) is 46.0 Å². The molecule has 0 bridgehead atoms. The third-order valence-corrected chi connectivity index (χ3v) is 3.61. The lowest BCUT2D eigenvalue weighted by molar-refractivity contribution is -0.133. The van der Waals surface area contributed by atoms with Gasteiger partial charge in [0.15, 0.2) is 5.82 Å². The Morgan fingerprint density at radius 3 is 3.05 bits per heavy atom. The van der Waals surface area contributed by atoms with Gasteiger partial charge in [-0.25, -0.2) is 0 Å². The minimum atomic E-state index is -0.848. The van der Waals surface area contributed by atoms with Crippen LogP contribution < -0.4 is 0 Å². The monoisotopic (exact) mass is 342 g/mol. The Balaban J connectivity index is 1.92. The van der Waals surface area contributed by atoms with Crippen LogP contribution in [0.2, 0.25) is 0 Å². The van der Waals surface area contributed by atoms with Crippen molar-refractivity contribution < 1.29 is 14.4 Å². The lowest BCUT2D eigenvalue weighted by Crippen LogP contribution is -1.98. The van der Waals surface area contributed by atoms with Crippen LogP contribution in [0.4, 0.5) is 0 Å². The van der Waals surface area contributed by atoms with Crippen LogP contribution >= 0.6 is 27.7 Å². The molecule has 0 saturated carbocycles. The van der Waals surface area contributed by atoms with Crippen molar-refractivity contribution in [2.75, 3.05) is 5.75 Å². The van der Waals surface area contributed by atoms with E-state index in [-0.39, 0.29) is 5.75 Å². The van der Waals surface area contributed by atoms with E-state index < -0.39 is 5.97 Å². The highest BCUT2D eigenvalue weighted by atomic mass is 79.9. The van der Waals surface area contributed by atoms with E-state index >= 15 is 0 Å². The largest absolute Gasteiger partial charge is 0.481 e. The number of rotatable bonds is 6. The number of aromatic nitrogens is 2. The van der Waals surface area contributed by atoms with Gasteiger partial charge in [-0.1, -0.05) is 33.2 Å². The summed E-state index contributed by atoms with van der Waals surface area (Å²) in [7, 11) is 0. The van der Waals surface area contributed by atoms with Crippen LogP contribution in [0.3, 0.4) is 0 Å². The van der Waals surface area contributed by atoms with Gasteiger partial charge in [0.05, 0.1) is 11.5 Å². The van der Waals surface area contributed by atoms with Crippen molar-refractivity contribution in [2.45, 2.75) is 12.2 Å². The molecule has 1 aromatic carbocycles. The second-order valence-corrected chi connectivity index (χ2v) is 5.70. The van der Waals surface area contributed by atoms with E-state index in [1.165, 1.54) is 11.8 Å². The number of hydrogen-bond acceptors (Lipinski definition) is 5. The van der Waals surface area contributed by atoms with E-state index in [1.807, 2.05) is 24.3 Å². The van der Waals surface area contributed by atoms with Gasteiger partial charge in [-0.15, -0.1) is 11.8 Å². The van der Waals surface area contributed by atoms with Crippen molar-refractivity contribution in [2.24, 2.45) is 0 Å². The molecular formula is C12H11BrN2O3S. The van der Waals surface area contributed by atoms with Crippen LogP contribution in [0.5, 0.6) is 0 Å². The summed E-state index contributed by atoms with van der Waals surface area (Å²) in [4.78, 5) is 14.6. The van der Waals surface area contributed by atoms with Crippen molar-refractivity contribution in [1.29, 1.82) is 0 Å². The SMILES string of the molecule is O=C(O)CSCc1nc(Cc2cccc(Br)c2)no1. The first kappa shape index (κ1) is 14.1. The molecule has 0 spiro atoms. The standard InChI is InChI=1S/C12H11BrN2O3S/c13-9-3-1-2-8(4-9)5-10-14-11(18-15-10)6-19-7-12(16)17/h1-4H,5-7H2,(H,16,17). The number of aliphatic carboxylic acids is 1. The molecule has 0 amide bonds. The summed E-state index contributed by atoms with van der Waals surface area (Å²) in [6, 6.07) is 7.88. The molecule has 0 unspecified atom stereocenters. The molecule has 0 aliphatic rings. The summed E-state index contributed by atoms with van der Waals surface area (Å²) < 4.78 is 6.07. The molecule has 2 rings (SSSR count). The number of thioether (sulfide) groups is 1. The lowest BCUT2D eigenvalue weighted by atomic mass is 10.1. The van der Waals surface area contributed by atoms with Crippen molar-refractivity contribution >= 4 is 33.7 Å². The molecule has 0 saturated heterocycles. The molecule has 0 radical (unpaired) electrons. The molecule has 1 aromatic heterocycles. The first-order valence-electron chi connectivity index (χ1n) is 5.49. The van der Waals surface area contributed by atoms with E-state index in [0.717, 1.165) is 10.0 Å². The van der Waals surface area contributed by atoms with E-state index in [0.29, 0.717) is 23.9 Å². The molecule has 5 nitrogen and oxygen atoms in total. The molecular weight excluding hydrogens is 332 g/mol. The molecule has 0 fully saturated rings. The smallest absolute Gasteiger partial charge is 0.313 e. The maximum absolute atomic E-state index is 10.4. The highest BCUT2D eigenvalue weighted by molar-refractivity contribution is 9.10. The molecule has 100 valence electrons. The number of halogens is 1. The number of nitrogens with zero attached hydrogens (tertiary/aromatic N) is 2. The predicted octanol–water partition coefficient (Wildman–Crippen LogP) is 2.74. The molecule has 0 aliphatic heterocycles. The Morgan fingerprint density at radius 1 is 1.47 bits per heavy atom. The van der Waals surface area contributed by atoms with Crippen molar-refractivity contribution in [3.8, 4) is 0 Å². The summed E-state index contributed by atoms with van der Waals surface area (Å²) in [6.07, 6.45) is 0.590. The number of hydrogen-bond donors (Lipinski definition) is 1. The van der Waals surface area contributed by atoms with Crippen LogP contribution in [-0.2, 0) is 17.0 Å². The number of carboxylic acid groups (broad SMARTS) is 1.